The molecule has 81 heavy (non-hydrogen) atoms. The average molecular weight is 1170 g/mol. The highest BCUT2D eigenvalue weighted by Crippen LogP contribution is 2.34. The van der Waals surface area contributed by atoms with E-state index < -0.39 is 47.0 Å². The van der Waals surface area contributed by atoms with Gasteiger partial charge in [0.1, 0.15) is 6.29 Å². The van der Waals surface area contributed by atoms with E-state index in [2.05, 4.69) is 24.5 Å². The summed E-state index contributed by atoms with van der Waals surface area (Å²) in [4.78, 5) is 53.0. The molecule has 0 spiro atoms. The topological polar surface area (TPSA) is 143 Å². The summed E-state index contributed by atoms with van der Waals surface area (Å²) in [5, 5.41) is 25.0. The molecule has 4 fully saturated rings. The number of amides is 3. The van der Waals surface area contributed by atoms with E-state index in [1.807, 2.05) is 12.1 Å². The van der Waals surface area contributed by atoms with E-state index in [9.17, 15) is 58.7 Å². The minimum atomic E-state index is -4.48. The molecule has 0 aliphatic carbocycles. The van der Waals surface area contributed by atoms with Gasteiger partial charge in [0, 0.05) is 98.9 Å². The quantitative estimate of drug-likeness (QED) is 0.0959. The number of aliphatic hydroxyl groups excluding tert-OH is 2. The second kappa shape index (κ2) is 32.2. The molecule has 4 aromatic carbocycles. The number of benzene rings is 4. The van der Waals surface area contributed by atoms with Crippen molar-refractivity contribution in [1.82, 2.24) is 20.0 Å². The minimum absolute atomic E-state index is 0.00853. The fourth-order valence-corrected chi connectivity index (χ4v) is 9.91. The second-order valence-electron chi connectivity index (χ2n) is 21.2. The molecule has 4 atom stereocenters. The Bertz CT molecular complexity index is 2630. The second-order valence-corrected chi connectivity index (χ2v) is 21.7. The molecule has 0 bridgehead atoms. The van der Waals surface area contributed by atoms with Gasteiger partial charge in [-0.3, -0.25) is 14.4 Å². The number of aliphatic hydroxyl groups is 2. The van der Waals surface area contributed by atoms with Crippen molar-refractivity contribution in [1.29, 1.82) is 0 Å². The molecule has 11 nitrogen and oxygen atoms in total. The summed E-state index contributed by atoms with van der Waals surface area (Å²) < 4.78 is 116. The fraction of sp³-hybridized carbons (Fsp3) is 0.533. The Balaban J connectivity index is 0.000000241. The number of hydrogen-bond acceptors (Lipinski definition) is 8. The number of alkyl halides is 9. The number of nitrogens with one attached hydrogen (secondary N) is 2. The molecule has 21 heteroatoms. The van der Waals surface area contributed by atoms with E-state index in [1.165, 1.54) is 54.2 Å². The zero-order valence-corrected chi connectivity index (χ0v) is 47.4. The summed E-state index contributed by atoms with van der Waals surface area (Å²) >= 11 is 5.88. The van der Waals surface area contributed by atoms with Crippen LogP contribution in [0.3, 0.4) is 0 Å². The third-order valence-electron chi connectivity index (χ3n) is 13.9. The van der Waals surface area contributed by atoms with Crippen LogP contribution in [0, 0.1) is 44.4 Å². The molecule has 4 aliphatic rings. The average Bonchev–Trinajstić information content (AvgIpc) is 3.48. The van der Waals surface area contributed by atoms with Crippen molar-refractivity contribution in [2.45, 2.75) is 111 Å². The van der Waals surface area contributed by atoms with Crippen molar-refractivity contribution < 1.29 is 68.9 Å². The maximum atomic E-state index is 13.1. The molecule has 4 aliphatic heterocycles. The van der Waals surface area contributed by atoms with Crippen LogP contribution in [0.25, 0.3) is 0 Å². The van der Waals surface area contributed by atoms with Crippen molar-refractivity contribution >= 4 is 41.3 Å². The van der Waals surface area contributed by atoms with Gasteiger partial charge in [0.05, 0.1) is 16.7 Å². The molecular weight excluding hydrogens is 1090 g/mol. The summed E-state index contributed by atoms with van der Waals surface area (Å²) in [7, 11) is 0. The van der Waals surface area contributed by atoms with Crippen molar-refractivity contribution in [3.63, 3.8) is 0 Å². The van der Waals surface area contributed by atoms with Crippen molar-refractivity contribution in [3.8, 4) is 0 Å². The van der Waals surface area contributed by atoms with Crippen molar-refractivity contribution in [3.05, 3.63) is 134 Å². The summed E-state index contributed by atoms with van der Waals surface area (Å²) in [6, 6.07) is 17.7. The molecule has 0 aromatic heterocycles. The first-order valence-corrected chi connectivity index (χ1v) is 27.9. The number of carbonyl (C=O) groups is 4. The van der Waals surface area contributed by atoms with Gasteiger partial charge in [0.2, 0.25) is 0 Å². The highest BCUT2D eigenvalue weighted by atomic mass is 35.5. The monoisotopic (exact) mass is 1170 g/mol. The van der Waals surface area contributed by atoms with Gasteiger partial charge in [0.25, 0.3) is 17.7 Å². The van der Waals surface area contributed by atoms with Crippen LogP contribution in [0.2, 0.25) is 5.02 Å². The number of aldehydes is 1. The van der Waals surface area contributed by atoms with Gasteiger partial charge in [0.15, 0.2) is 0 Å². The number of anilines is 1. The van der Waals surface area contributed by atoms with Crippen LogP contribution >= 0.6 is 11.6 Å². The zero-order valence-electron chi connectivity index (χ0n) is 46.7. The molecule has 448 valence electrons. The molecule has 4 aromatic rings. The largest absolute Gasteiger partial charge is 0.416 e. The number of rotatable bonds is 9. The van der Waals surface area contributed by atoms with Crippen LogP contribution in [0.1, 0.15) is 136 Å². The first-order chi connectivity index (χ1) is 38.2. The summed E-state index contributed by atoms with van der Waals surface area (Å²) in [5.74, 6) is -0.642. The first kappa shape index (κ1) is 67.8. The van der Waals surface area contributed by atoms with E-state index in [0.29, 0.717) is 79.9 Å². The van der Waals surface area contributed by atoms with Gasteiger partial charge in [-0.05, 0) is 192 Å². The summed E-state index contributed by atoms with van der Waals surface area (Å²) in [6.45, 7) is 14.8. The van der Waals surface area contributed by atoms with E-state index in [-0.39, 0.29) is 53.5 Å². The molecule has 4 N–H and O–H groups in total. The Labute approximate surface area is 474 Å². The number of likely N-dealkylation sites (tertiary alicyclic amines) is 3. The molecule has 4 heterocycles. The summed E-state index contributed by atoms with van der Waals surface area (Å²) in [5.41, 5.74) is -0.0721. The normalized spacial score (nSPS) is 19.4. The van der Waals surface area contributed by atoms with Crippen molar-refractivity contribution in [2.75, 3.05) is 77.4 Å². The van der Waals surface area contributed by atoms with Gasteiger partial charge < -0.3 is 40.3 Å². The molecule has 8 rings (SSSR count). The van der Waals surface area contributed by atoms with Crippen LogP contribution in [0.5, 0.6) is 0 Å². The molecule has 0 saturated carbocycles. The van der Waals surface area contributed by atoms with Gasteiger partial charge in [-0.2, -0.15) is 39.5 Å². The minimum Gasteiger partial charge on any atom is -0.396 e. The van der Waals surface area contributed by atoms with Crippen molar-refractivity contribution in [2.24, 2.45) is 23.7 Å². The lowest BCUT2D eigenvalue weighted by Gasteiger charge is -2.33. The van der Waals surface area contributed by atoms with Crippen LogP contribution in [-0.4, -0.2) is 121 Å². The Morgan fingerprint density at radius 3 is 1.33 bits per heavy atom. The molecule has 4 unspecified atom stereocenters. The van der Waals surface area contributed by atoms with Gasteiger partial charge in [-0.1, -0.05) is 31.9 Å². The van der Waals surface area contributed by atoms with E-state index >= 15 is 0 Å². The highest BCUT2D eigenvalue weighted by Gasteiger charge is 2.35. The number of aryl methyl sites for hydroxylation is 3. The number of piperidine rings is 4. The van der Waals surface area contributed by atoms with Crippen LogP contribution in [0.15, 0.2) is 78.9 Å². The maximum absolute atomic E-state index is 13.1. The summed E-state index contributed by atoms with van der Waals surface area (Å²) in [6.07, 6.45) is -4.13. The van der Waals surface area contributed by atoms with E-state index in [0.717, 1.165) is 93.6 Å². The lowest BCUT2D eigenvalue weighted by atomic mass is 9.96. The Morgan fingerprint density at radius 1 is 0.580 bits per heavy atom. The Hall–Kier alpha value is -5.70. The standard InChI is InChI=1S/C21H22ClF3N2O.C15H18F3NO2.C15H16F3NO2.C6H13NO.C3H8/c1-14-9-16(11-17(10-14)21(23,24)25)20(28)27-8-2-3-15(13-27)12-26-19-6-4-18(22)5-7-19;2*1-10-5-12(7-13(6-10)15(16,17)18)14(21)19-4-2-3-11(8-19)9-20;8-5-6-2-1-3-7-4-6;1-3-2/h4-7,9-11,15,26H,2-3,8,12-13H2,1H3;5-7,11,20H,2-4,8-9H2,1H3;5-7,9,11H,2-4,8H2,1H3;6-8H,1-5H2;3H2,1-2H3. The van der Waals surface area contributed by atoms with Gasteiger partial charge in [-0.15, -0.1) is 0 Å². The Kier molecular flexibility index (Phi) is 27.0. The van der Waals surface area contributed by atoms with Gasteiger partial charge in [-0.25, -0.2) is 0 Å². The fourth-order valence-electron chi connectivity index (χ4n) is 9.79. The predicted octanol–water partition coefficient (Wildman–Crippen LogP) is 12.9. The van der Waals surface area contributed by atoms with Crippen LogP contribution in [0.4, 0.5) is 45.2 Å². The first-order valence-electron chi connectivity index (χ1n) is 27.5. The molecule has 4 saturated heterocycles. The third kappa shape index (κ3) is 22.5. The number of nitrogens with zero attached hydrogens (tertiary/aromatic N) is 3. The van der Waals surface area contributed by atoms with E-state index in [1.54, 1.807) is 30.9 Å². The molecular formula is C60H77ClF9N5O6. The lowest BCUT2D eigenvalue weighted by Crippen LogP contribution is -2.42. The van der Waals surface area contributed by atoms with Gasteiger partial charge >= 0.3 is 18.5 Å². The Morgan fingerprint density at radius 2 is 0.963 bits per heavy atom. The van der Waals surface area contributed by atoms with E-state index in [4.69, 9.17) is 21.8 Å². The van der Waals surface area contributed by atoms with Crippen LogP contribution < -0.4 is 10.6 Å². The number of carbonyl (C=O) groups excluding carboxylic acids is 4. The number of halogens is 10. The third-order valence-corrected chi connectivity index (χ3v) is 14.1. The highest BCUT2D eigenvalue weighted by molar-refractivity contribution is 6.30. The lowest BCUT2D eigenvalue weighted by molar-refractivity contribution is -0.138. The molecule has 3 amide bonds. The zero-order chi connectivity index (χ0) is 60.1. The smallest absolute Gasteiger partial charge is 0.396 e. The molecule has 0 radical (unpaired) electrons. The maximum Gasteiger partial charge on any atom is 0.416 e. The number of hydrogen-bond donors (Lipinski definition) is 4. The predicted molar refractivity (Wildman–Crippen MR) is 296 cm³/mol. The SMILES string of the molecule is CCC.Cc1cc(C(=O)N2CCCC(C=O)C2)cc(C(F)(F)F)c1.Cc1cc(C(=O)N2CCCC(CNc3ccc(Cl)cc3)C2)cc(C(F)(F)F)c1.Cc1cc(C(=O)N2CCCC(CO)C2)cc(C(F)(F)F)c1.OCC1CCCNC1. The van der Waals surface area contributed by atoms with Crippen LogP contribution in [-0.2, 0) is 23.3 Å².